The zero-order valence-corrected chi connectivity index (χ0v) is 15.1. The van der Waals surface area contributed by atoms with Crippen LogP contribution in [0.3, 0.4) is 0 Å². The molecule has 2 fully saturated rings. The minimum absolute atomic E-state index is 0.0996. The number of rotatable bonds is 4. The smallest absolute Gasteiger partial charge is 0.132 e. The summed E-state index contributed by atoms with van der Waals surface area (Å²) in [4.78, 5) is 2.39. The summed E-state index contributed by atoms with van der Waals surface area (Å²) in [6.07, 6.45) is 4.61. The van der Waals surface area contributed by atoms with E-state index in [2.05, 4.69) is 15.1 Å². The van der Waals surface area contributed by atoms with Gasteiger partial charge in [0.1, 0.15) is 5.82 Å². The second-order valence-corrected chi connectivity index (χ2v) is 7.72. The van der Waals surface area contributed by atoms with Crippen LogP contribution < -0.4 is 0 Å². The zero-order chi connectivity index (χ0) is 18.1. The second kappa shape index (κ2) is 7.10. The van der Waals surface area contributed by atoms with Crippen molar-refractivity contribution in [3.8, 4) is 11.3 Å². The molecule has 6 heteroatoms. The van der Waals surface area contributed by atoms with Crippen LogP contribution in [0.15, 0.2) is 30.5 Å². The molecule has 2 saturated heterocycles. The quantitative estimate of drug-likeness (QED) is 0.881. The summed E-state index contributed by atoms with van der Waals surface area (Å²) in [6.45, 7) is 4.81. The number of nitrogens with one attached hydrogen (secondary N) is 1. The first-order chi connectivity index (χ1) is 12.6. The van der Waals surface area contributed by atoms with Crippen molar-refractivity contribution in [3.63, 3.8) is 0 Å². The molecule has 3 atom stereocenters. The number of nitrogens with zero attached hydrogens (tertiary/aromatic N) is 2. The van der Waals surface area contributed by atoms with Gasteiger partial charge in [-0.1, -0.05) is 12.1 Å². The Morgan fingerprint density at radius 1 is 1.42 bits per heavy atom. The van der Waals surface area contributed by atoms with Crippen LogP contribution in [0, 0.1) is 11.7 Å². The summed E-state index contributed by atoms with van der Waals surface area (Å²) < 4.78 is 19.9. The van der Waals surface area contributed by atoms with Crippen molar-refractivity contribution in [1.29, 1.82) is 0 Å². The fourth-order valence-corrected chi connectivity index (χ4v) is 4.43. The molecule has 26 heavy (non-hydrogen) atoms. The van der Waals surface area contributed by atoms with Crippen LogP contribution in [-0.2, 0) is 11.3 Å². The highest BCUT2D eigenvalue weighted by atomic mass is 19.1. The molecular weight excluding hydrogens is 333 g/mol. The number of aromatic nitrogens is 2. The fourth-order valence-electron chi connectivity index (χ4n) is 4.43. The van der Waals surface area contributed by atoms with Crippen LogP contribution in [0.1, 0.15) is 31.7 Å². The summed E-state index contributed by atoms with van der Waals surface area (Å²) in [6, 6.07) is 7.03. The number of hydrogen-bond acceptors (Lipinski definition) is 4. The molecular formula is C20H26FN3O2. The average Bonchev–Trinajstić information content (AvgIpc) is 3.25. The Morgan fingerprint density at radius 2 is 2.27 bits per heavy atom. The lowest BCUT2D eigenvalue weighted by Crippen LogP contribution is -2.52. The van der Waals surface area contributed by atoms with Gasteiger partial charge in [0.25, 0.3) is 0 Å². The summed E-state index contributed by atoms with van der Waals surface area (Å²) in [5, 5.41) is 17.9. The van der Waals surface area contributed by atoms with Crippen LogP contribution in [0.5, 0.6) is 0 Å². The molecule has 0 amide bonds. The molecule has 140 valence electrons. The van der Waals surface area contributed by atoms with E-state index in [1.165, 1.54) is 6.07 Å². The molecule has 4 rings (SSSR count). The molecule has 1 aromatic heterocycles. The van der Waals surface area contributed by atoms with E-state index in [1.807, 2.05) is 13.0 Å². The van der Waals surface area contributed by atoms with Crippen LogP contribution in [0.4, 0.5) is 4.39 Å². The summed E-state index contributed by atoms with van der Waals surface area (Å²) >= 11 is 0. The van der Waals surface area contributed by atoms with E-state index >= 15 is 0 Å². The molecule has 1 aromatic carbocycles. The molecule has 0 aliphatic carbocycles. The molecule has 2 aliphatic rings. The molecule has 2 aromatic rings. The Morgan fingerprint density at radius 3 is 3.08 bits per heavy atom. The van der Waals surface area contributed by atoms with E-state index < -0.39 is 5.60 Å². The van der Waals surface area contributed by atoms with E-state index in [0.717, 1.165) is 30.6 Å². The van der Waals surface area contributed by atoms with Crippen molar-refractivity contribution in [2.75, 3.05) is 19.8 Å². The minimum Gasteiger partial charge on any atom is -0.390 e. The van der Waals surface area contributed by atoms with Crippen LogP contribution >= 0.6 is 0 Å². The normalized spacial score (nSPS) is 30.0. The minimum atomic E-state index is -0.698. The van der Waals surface area contributed by atoms with Crippen LogP contribution in [-0.4, -0.2) is 51.6 Å². The number of halogens is 1. The number of likely N-dealkylation sites (tertiary alicyclic amines) is 1. The van der Waals surface area contributed by atoms with Crippen molar-refractivity contribution in [2.45, 2.75) is 44.4 Å². The van der Waals surface area contributed by atoms with Gasteiger partial charge in [0.05, 0.1) is 24.1 Å². The first kappa shape index (κ1) is 17.6. The van der Waals surface area contributed by atoms with Gasteiger partial charge in [-0.25, -0.2) is 4.39 Å². The van der Waals surface area contributed by atoms with Gasteiger partial charge in [0.15, 0.2) is 0 Å². The Labute approximate surface area is 153 Å². The predicted octanol–water partition coefficient (Wildman–Crippen LogP) is 2.97. The third-order valence-electron chi connectivity index (χ3n) is 5.96. The Bertz CT molecular complexity index is 761. The summed E-state index contributed by atoms with van der Waals surface area (Å²) in [5.41, 5.74) is 1.57. The summed E-state index contributed by atoms with van der Waals surface area (Å²) in [5.74, 6) is -0.151. The Balaban J connectivity index is 1.56. The highest BCUT2D eigenvalue weighted by Crippen LogP contribution is 2.37. The number of aromatic amines is 1. The molecule has 2 N–H and O–H groups in total. The maximum Gasteiger partial charge on any atom is 0.132 e. The van der Waals surface area contributed by atoms with Crippen molar-refractivity contribution in [3.05, 3.63) is 41.8 Å². The number of H-pyrrole nitrogens is 1. The van der Waals surface area contributed by atoms with E-state index in [1.54, 1.807) is 18.3 Å². The van der Waals surface area contributed by atoms with Crippen LogP contribution in [0.25, 0.3) is 11.3 Å². The monoisotopic (exact) mass is 359 g/mol. The van der Waals surface area contributed by atoms with Crippen LogP contribution in [0.2, 0.25) is 0 Å². The highest BCUT2D eigenvalue weighted by molar-refractivity contribution is 5.63. The Hall–Kier alpha value is -1.76. The molecule has 5 nitrogen and oxygen atoms in total. The van der Waals surface area contributed by atoms with Crippen molar-refractivity contribution < 1.29 is 14.2 Å². The molecule has 3 heterocycles. The van der Waals surface area contributed by atoms with Gasteiger partial charge in [0.2, 0.25) is 0 Å². The lowest BCUT2D eigenvalue weighted by Gasteiger charge is -2.43. The largest absolute Gasteiger partial charge is 0.390 e. The third-order valence-corrected chi connectivity index (χ3v) is 5.96. The van der Waals surface area contributed by atoms with E-state index in [9.17, 15) is 9.50 Å². The van der Waals surface area contributed by atoms with Crippen molar-refractivity contribution >= 4 is 0 Å². The van der Waals surface area contributed by atoms with Gasteiger partial charge in [-0.05, 0) is 44.9 Å². The first-order valence-corrected chi connectivity index (χ1v) is 9.37. The molecule has 0 bridgehead atoms. The van der Waals surface area contributed by atoms with Crippen molar-refractivity contribution in [2.24, 2.45) is 5.92 Å². The summed E-state index contributed by atoms with van der Waals surface area (Å²) in [7, 11) is 0. The van der Waals surface area contributed by atoms with E-state index in [-0.39, 0.29) is 17.8 Å². The first-order valence-electron chi connectivity index (χ1n) is 9.37. The van der Waals surface area contributed by atoms with Gasteiger partial charge in [-0.3, -0.25) is 10.00 Å². The molecule has 3 unspecified atom stereocenters. The van der Waals surface area contributed by atoms with Gasteiger partial charge in [-0.15, -0.1) is 0 Å². The van der Waals surface area contributed by atoms with E-state index in [0.29, 0.717) is 31.7 Å². The molecule has 2 aliphatic heterocycles. The van der Waals surface area contributed by atoms with Gasteiger partial charge in [0, 0.05) is 36.2 Å². The maximum absolute atomic E-state index is 14.2. The number of hydrogen-bond donors (Lipinski definition) is 2. The predicted molar refractivity (Wildman–Crippen MR) is 97.0 cm³/mol. The number of benzene rings is 1. The Kier molecular flexibility index (Phi) is 4.82. The van der Waals surface area contributed by atoms with E-state index in [4.69, 9.17) is 4.74 Å². The maximum atomic E-state index is 14.2. The highest BCUT2D eigenvalue weighted by Gasteiger charge is 2.44. The third kappa shape index (κ3) is 3.29. The topological polar surface area (TPSA) is 61.4 Å². The number of aliphatic hydroxyl groups is 1. The second-order valence-electron chi connectivity index (χ2n) is 7.72. The van der Waals surface area contributed by atoms with Gasteiger partial charge in [-0.2, -0.15) is 5.10 Å². The fraction of sp³-hybridized carbons (Fsp3) is 0.550. The van der Waals surface area contributed by atoms with Gasteiger partial charge >= 0.3 is 0 Å². The number of ether oxygens (including phenoxy) is 1. The zero-order valence-electron chi connectivity index (χ0n) is 15.1. The average molecular weight is 359 g/mol. The lowest BCUT2D eigenvalue weighted by atomic mass is 9.79. The van der Waals surface area contributed by atoms with Crippen molar-refractivity contribution in [1.82, 2.24) is 15.1 Å². The standard InChI is InChI=1S/C20H26FN3O2/c1-20(25)8-10-26-13-16(20)18-7-4-9-24(18)12-14-11-22-23-19(14)15-5-2-3-6-17(15)21/h2-3,5-6,11,16,18,25H,4,7-10,12-13H2,1H3,(H,22,23). The SMILES string of the molecule is CC1(O)CCOCC1C1CCCN1Cc1cn[nH]c1-c1ccccc1F. The lowest BCUT2D eigenvalue weighted by molar-refractivity contribution is -0.123. The molecule has 0 radical (unpaired) electrons. The molecule has 0 spiro atoms. The van der Waals surface area contributed by atoms with Gasteiger partial charge < -0.3 is 9.84 Å². The molecule has 0 saturated carbocycles.